The molecule has 2 aromatic carbocycles. The topological polar surface area (TPSA) is 113 Å². The fraction of sp³-hybridized carbons (Fsp3) is 0.484. The van der Waals surface area contributed by atoms with Crippen molar-refractivity contribution in [2.75, 3.05) is 37.9 Å². The highest BCUT2D eigenvalue weighted by Gasteiger charge is 2.08. The molecule has 8 nitrogen and oxygen atoms in total. The van der Waals surface area contributed by atoms with Gasteiger partial charge in [-0.3, -0.25) is 24.1 Å². The molecule has 2 aromatic rings. The minimum atomic E-state index is -0.682. The van der Waals surface area contributed by atoms with Crippen molar-refractivity contribution in [3.8, 4) is 0 Å². The number of ether oxygens (including phenoxy) is 1. The third kappa shape index (κ3) is 25.2. The predicted molar refractivity (Wildman–Crippen MR) is 168 cm³/mol. The number of likely N-dealkylation sites (N-methyl/N-ethyl adjacent to an activating group) is 1. The molecular formula is C31H49BrN2O6. The molecule has 1 amide bonds. The molecule has 9 heteroatoms. The number of aliphatic carboxylic acids is 1. The van der Waals surface area contributed by atoms with Gasteiger partial charge in [-0.1, -0.05) is 99.1 Å². The van der Waals surface area contributed by atoms with Gasteiger partial charge in [0.1, 0.15) is 5.78 Å². The molecule has 40 heavy (non-hydrogen) atoms. The van der Waals surface area contributed by atoms with Gasteiger partial charge in [0.15, 0.2) is 0 Å². The lowest BCUT2D eigenvalue weighted by Crippen LogP contribution is -2.31. The lowest BCUT2D eigenvalue weighted by Gasteiger charge is -2.15. The second-order valence-electron chi connectivity index (χ2n) is 8.52. The molecule has 0 aliphatic carbocycles. The minimum absolute atomic E-state index is 0. The summed E-state index contributed by atoms with van der Waals surface area (Å²) in [6.45, 7) is 3.04. The molecule has 0 aromatic heterocycles. The Balaban J connectivity index is -0.000000556. The Morgan fingerprint density at radius 3 is 1.98 bits per heavy atom. The normalized spacial score (nSPS) is 9.32. The number of benzene rings is 2. The number of carbonyl (C=O) groups is 4. The number of nitrogens with zero attached hydrogens (tertiary/aromatic N) is 1. The number of carboxylic acids is 1. The number of ketones is 1. The number of hydrogen-bond acceptors (Lipinski definition) is 6. The Hall–Kier alpha value is -3.04. The molecule has 0 heterocycles. The first kappa shape index (κ1) is 41.4. The van der Waals surface area contributed by atoms with Gasteiger partial charge < -0.3 is 15.2 Å². The number of carbonyl (C=O) groups excluding carboxylic acids is 3. The van der Waals surface area contributed by atoms with Gasteiger partial charge in [-0.2, -0.15) is 0 Å². The summed E-state index contributed by atoms with van der Waals surface area (Å²) in [5.41, 5.74) is 1.87. The highest BCUT2D eigenvalue weighted by molar-refractivity contribution is 9.09. The number of alkyl halides is 1. The lowest BCUT2D eigenvalue weighted by atomic mass is 10.1. The highest BCUT2D eigenvalue weighted by atomic mass is 79.9. The standard InChI is InChI=1S/C14H20N2O3.C9H9BrO.C6H12O2.2CH4/c1-16(10-6-9-14(18)19-2)11-13(17)15-12-7-4-3-5-8-12;10-7-9(11)6-8-4-2-1-3-5-8;1-2-3-4-5-6(7)8;;/h3-5,7-8H,6,9-11H2,1-2H3,(H,15,17);1-5H,6-7H2;2-5H2,1H3,(H,7,8);2*1H4. The Bertz CT molecular complexity index is 926. The molecule has 0 fully saturated rings. The van der Waals surface area contributed by atoms with E-state index in [1.165, 1.54) is 7.11 Å². The molecule has 2 N–H and O–H groups in total. The fourth-order valence-electron chi connectivity index (χ4n) is 3.04. The van der Waals surface area contributed by atoms with Gasteiger partial charge in [0, 0.05) is 24.9 Å². The van der Waals surface area contributed by atoms with E-state index in [1.54, 1.807) is 0 Å². The fourth-order valence-corrected chi connectivity index (χ4v) is 3.24. The van der Waals surface area contributed by atoms with E-state index in [9.17, 15) is 19.2 Å². The summed E-state index contributed by atoms with van der Waals surface area (Å²) < 4.78 is 4.56. The van der Waals surface area contributed by atoms with Crippen molar-refractivity contribution in [3.63, 3.8) is 0 Å². The molecular weight excluding hydrogens is 576 g/mol. The summed E-state index contributed by atoms with van der Waals surface area (Å²) in [5, 5.41) is 11.4. The van der Waals surface area contributed by atoms with Crippen LogP contribution in [0.15, 0.2) is 60.7 Å². The van der Waals surface area contributed by atoms with Crippen molar-refractivity contribution >= 4 is 45.2 Å². The third-order valence-electron chi connectivity index (χ3n) is 5.01. The van der Waals surface area contributed by atoms with Crippen LogP contribution in [0.2, 0.25) is 0 Å². The summed E-state index contributed by atoms with van der Waals surface area (Å²) in [6.07, 6.45) is 4.87. The van der Waals surface area contributed by atoms with E-state index in [2.05, 4.69) is 32.9 Å². The number of unbranched alkanes of at least 4 members (excludes halogenated alkanes) is 2. The van der Waals surface area contributed by atoms with E-state index < -0.39 is 5.97 Å². The van der Waals surface area contributed by atoms with Crippen molar-refractivity contribution in [2.45, 2.75) is 66.7 Å². The van der Waals surface area contributed by atoms with Gasteiger partial charge in [0.25, 0.3) is 0 Å². The minimum Gasteiger partial charge on any atom is -0.481 e. The Labute approximate surface area is 249 Å². The SMILES string of the molecule is C.C.CCCCCC(=O)O.COC(=O)CCCN(C)CC(=O)Nc1ccccc1.O=C(CBr)Cc1ccccc1. The largest absolute Gasteiger partial charge is 0.481 e. The molecule has 0 aliphatic heterocycles. The number of esters is 1. The molecule has 0 unspecified atom stereocenters. The molecule has 0 saturated heterocycles. The molecule has 0 bridgehead atoms. The van der Waals surface area contributed by atoms with Crippen LogP contribution in [0.25, 0.3) is 0 Å². The summed E-state index contributed by atoms with van der Waals surface area (Å²) in [4.78, 5) is 45.4. The van der Waals surface area contributed by atoms with Gasteiger partial charge >= 0.3 is 11.9 Å². The van der Waals surface area contributed by atoms with Crippen LogP contribution in [0.5, 0.6) is 0 Å². The van der Waals surface area contributed by atoms with E-state index in [1.807, 2.05) is 72.6 Å². The number of carboxylic acid groups (broad SMARTS) is 1. The zero-order valence-corrected chi connectivity index (χ0v) is 24.2. The van der Waals surface area contributed by atoms with Gasteiger partial charge in [-0.25, -0.2) is 0 Å². The lowest BCUT2D eigenvalue weighted by molar-refractivity contribution is -0.141. The molecule has 2 rings (SSSR count). The van der Waals surface area contributed by atoms with E-state index in [-0.39, 0.29) is 32.5 Å². The summed E-state index contributed by atoms with van der Waals surface area (Å²) in [6, 6.07) is 19.1. The first-order valence-electron chi connectivity index (χ1n) is 12.6. The molecule has 0 spiro atoms. The number of para-hydroxylation sites is 1. The number of hydrogen-bond donors (Lipinski definition) is 2. The number of anilines is 1. The number of rotatable bonds is 14. The summed E-state index contributed by atoms with van der Waals surface area (Å²) >= 11 is 3.12. The Kier molecular flexibility index (Phi) is 28.5. The number of halogens is 1. The van der Waals surface area contributed by atoms with Crippen LogP contribution in [-0.2, 0) is 30.3 Å². The monoisotopic (exact) mass is 624 g/mol. The van der Waals surface area contributed by atoms with Crippen LogP contribution in [-0.4, -0.2) is 66.2 Å². The third-order valence-corrected chi connectivity index (χ3v) is 5.63. The maximum atomic E-state index is 11.7. The van der Waals surface area contributed by atoms with Gasteiger partial charge in [0.2, 0.25) is 5.91 Å². The van der Waals surface area contributed by atoms with Crippen LogP contribution in [0, 0.1) is 0 Å². The highest BCUT2D eigenvalue weighted by Crippen LogP contribution is 2.05. The van der Waals surface area contributed by atoms with Crippen molar-refractivity contribution in [3.05, 3.63) is 66.2 Å². The Morgan fingerprint density at radius 1 is 0.900 bits per heavy atom. The number of Topliss-reactive ketones (excluding diaryl/α,β-unsaturated/α-hetero) is 1. The van der Waals surface area contributed by atoms with E-state index in [0.29, 0.717) is 44.1 Å². The van der Waals surface area contributed by atoms with Crippen LogP contribution in [0.1, 0.15) is 65.9 Å². The number of amides is 1. The van der Waals surface area contributed by atoms with Gasteiger partial charge in [-0.05, 0) is 44.1 Å². The van der Waals surface area contributed by atoms with Crippen LogP contribution >= 0.6 is 15.9 Å². The van der Waals surface area contributed by atoms with E-state index >= 15 is 0 Å². The maximum absolute atomic E-state index is 11.7. The van der Waals surface area contributed by atoms with Crippen molar-refractivity contribution in [1.82, 2.24) is 4.90 Å². The maximum Gasteiger partial charge on any atom is 0.305 e. The van der Waals surface area contributed by atoms with E-state index in [0.717, 1.165) is 30.5 Å². The Morgan fingerprint density at radius 2 is 1.48 bits per heavy atom. The average molecular weight is 626 g/mol. The van der Waals surface area contributed by atoms with E-state index in [4.69, 9.17) is 5.11 Å². The quantitative estimate of drug-likeness (QED) is 0.138. The predicted octanol–water partition coefficient (Wildman–Crippen LogP) is 6.63. The first-order valence-corrected chi connectivity index (χ1v) is 13.8. The van der Waals surface area contributed by atoms with Crippen molar-refractivity contribution in [1.29, 1.82) is 0 Å². The van der Waals surface area contributed by atoms with Crippen LogP contribution in [0.4, 0.5) is 5.69 Å². The average Bonchev–Trinajstić information content (AvgIpc) is 2.90. The van der Waals surface area contributed by atoms with Crippen LogP contribution in [0.3, 0.4) is 0 Å². The molecule has 0 saturated carbocycles. The first-order chi connectivity index (χ1) is 18.2. The second-order valence-corrected chi connectivity index (χ2v) is 9.08. The van der Waals surface area contributed by atoms with Crippen LogP contribution < -0.4 is 5.32 Å². The molecule has 226 valence electrons. The number of nitrogens with one attached hydrogen (secondary N) is 1. The summed E-state index contributed by atoms with van der Waals surface area (Å²) in [7, 11) is 3.22. The second kappa shape index (κ2) is 27.5. The molecule has 0 aliphatic rings. The summed E-state index contributed by atoms with van der Waals surface area (Å²) in [5.74, 6) is -0.747. The zero-order chi connectivity index (χ0) is 28.6. The zero-order valence-electron chi connectivity index (χ0n) is 22.7. The van der Waals surface area contributed by atoms with Gasteiger partial charge in [-0.15, -0.1) is 0 Å². The van der Waals surface area contributed by atoms with Crippen molar-refractivity contribution < 1.29 is 29.0 Å². The van der Waals surface area contributed by atoms with Crippen molar-refractivity contribution in [2.24, 2.45) is 0 Å². The molecule has 0 atom stereocenters. The molecule has 0 radical (unpaired) electrons. The smallest absolute Gasteiger partial charge is 0.305 e. The number of methoxy groups -OCH3 is 1. The van der Waals surface area contributed by atoms with Gasteiger partial charge in [0.05, 0.1) is 19.0 Å².